The molecule has 182 valence electrons. The zero-order valence-corrected chi connectivity index (χ0v) is 19.3. The van der Waals surface area contributed by atoms with Gasteiger partial charge in [-0.3, -0.25) is 19.3 Å². The fraction of sp³-hybridized carbons (Fsp3) is 0.346. The Hall–Kier alpha value is -4.01. The molecule has 0 radical (unpaired) electrons. The van der Waals surface area contributed by atoms with Gasteiger partial charge in [0.25, 0.3) is 5.91 Å². The molecule has 2 aromatic rings. The van der Waals surface area contributed by atoms with Crippen LogP contribution >= 0.6 is 0 Å². The van der Waals surface area contributed by atoms with Crippen LogP contribution in [0.25, 0.3) is 0 Å². The number of amides is 3. The highest BCUT2D eigenvalue weighted by Crippen LogP contribution is 2.40. The van der Waals surface area contributed by atoms with Crippen molar-refractivity contribution in [3.63, 3.8) is 0 Å². The van der Waals surface area contributed by atoms with E-state index < -0.39 is 24.5 Å². The van der Waals surface area contributed by atoms with Gasteiger partial charge < -0.3 is 14.8 Å². The number of esters is 2. The SMILES string of the molecule is CCOC(=O)c1ccc(NC(=O)COC(=O)c2cccc(N3C(=O)[C@H]4CCCC[C@@H]4C3=O)c2)cc1. The third kappa shape index (κ3) is 5.24. The lowest BCUT2D eigenvalue weighted by atomic mass is 9.81. The maximum absolute atomic E-state index is 12.8. The fourth-order valence-corrected chi connectivity index (χ4v) is 4.50. The smallest absolute Gasteiger partial charge is 0.338 e. The summed E-state index contributed by atoms with van der Waals surface area (Å²) in [4.78, 5) is 63.2. The van der Waals surface area contributed by atoms with E-state index in [1.807, 2.05) is 0 Å². The van der Waals surface area contributed by atoms with Crippen molar-refractivity contribution >= 4 is 41.0 Å². The molecule has 2 atom stereocenters. The minimum Gasteiger partial charge on any atom is -0.462 e. The number of hydrogen-bond acceptors (Lipinski definition) is 7. The molecule has 1 heterocycles. The van der Waals surface area contributed by atoms with Crippen molar-refractivity contribution in [2.45, 2.75) is 32.6 Å². The first-order valence-corrected chi connectivity index (χ1v) is 11.6. The Morgan fingerprint density at radius 3 is 2.14 bits per heavy atom. The molecule has 2 aromatic carbocycles. The van der Waals surface area contributed by atoms with Crippen molar-refractivity contribution in [2.75, 3.05) is 23.4 Å². The molecule has 2 aliphatic rings. The molecule has 9 heteroatoms. The number of anilines is 2. The highest BCUT2D eigenvalue weighted by atomic mass is 16.5. The average Bonchev–Trinajstić information content (AvgIpc) is 3.13. The molecule has 0 spiro atoms. The average molecular weight is 479 g/mol. The number of imide groups is 1. The van der Waals surface area contributed by atoms with Gasteiger partial charge in [-0.1, -0.05) is 18.9 Å². The van der Waals surface area contributed by atoms with Gasteiger partial charge in [-0.2, -0.15) is 0 Å². The second-order valence-corrected chi connectivity index (χ2v) is 8.48. The van der Waals surface area contributed by atoms with E-state index in [-0.39, 0.29) is 35.8 Å². The molecular formula is C26H26N2O7. The molecule has 0 bridgehead atoms. The predicted molar refractivity (Wildman–Crippen MR) is 126 cm³/mol. The normalized spacial score (nSPS) is 19.2. The van der Waals surface area contributed by atoms with Gasteiger partial charge in [-0.05, 0) is 62.2 Å². The van der Waals surface area contributed by atoms with Gasteiger partial charge in [-0.15, -0.1) is 0 Å². The number of carbonyl (C=O) groups is 5. The summed E-state index contributed by atoms with van der Waals surface area (Å²) in [7, 11) is 0. The van der Waals surface area contributed by atoms with Crippen molar-refractivity contribution in [1.29, 1.82) is 0 Å². The molecule has 1 N–H and O–H groups in total. The molecule has 3 amide bonds. The van der Waals surface area contributed by atoms with Crippen molar-refractivity contribution in [3.05, 3.63) is 59.7 Å². The highest BCUT2D eigenvalue weighted by molar-refractivity contribution is 6.22. The van der Waals surface area contributed by atoms with E-state index in [0.29, 0.717) is 29.8 Å². The summed E-state index contributed by atoms with van der Waals surface area (Å²) in [6.07, 6.45) is 3.26. The molecule has 0 aromatic heterocycles. The van der Waals surface area contributed by atoms with Gasteiger partial charge in [0.2, 0.25) is 11.8 Å². The topological polar surface area (TPSA) is 119 Å². The molecular weight excluding hydrogens is 452 g/mol. The Labute approximate surface area is 202 Å². The van der Waals surface area contributed by atoms with Gasteiger partial charge >= 0.3 is 11.9 Å². The quantitative estimate of drug-likeness (QED) is 0.479. The molecule has 1 aliphatic heterocycles. The number of fused-ring (bicyclic) bond motifs is 1. The van der Waals surface area contributed by atoms with Crippen LogP contribution in [0.5, 0.6) is 0 Å². The van der Waals surface area contributed by atoms with Crippen molar-refractivity contribution in [2.24, 2.45) is 11.8 Å². The number of ether oxygens (including phenoxy) is 2. The van der Waals surface area contributed by atoms with Crippen molar-refractivity contribution in [3.8, 4) is 0 Å². The van der Waals surface area contributed by atoms with Crippen LogP contribution < -0.4 is 10.2 Å². The van der Waals surface area contributed by atoms with Gasteiger partial charge in [0.15, 0.2) is 6.61 Å². The van der Waals surface area contributed by atoms with E-state index >= 15 is 0 Å². The second kappa shape index (κ2) is 10.5. The van der Waals surface area contributed by atoms with Crippen LogP contribution in [0.4, 0.5) is 11.4 Å². The molecule has 1 saturated carbocycles. The Kier molecular flexibility index (Phi) is 7.24. The third-order valence-electron chi connectivity index (χ3n) is 6.20. The van der Waals surface area contributed by atoms with E-state index in [0.717, 1.165) is 12.8 Å². The minimum absolute atomic E-state index is 0.129. The summed E-state index contributed by atoms with van der Waals surface area (Å²) in [5.41, 5.74) is 1.23. The van der Waals surface area contributed by atoms with Crippen LogP contribution in [0.3, 0.4) is 0 Å². The summed E-state index contributed by atoms with van der Waals surface area (Å²) >= 11 is 0. The maximum atomic E-state index is 12.8. The Morgan fingerprint density at radius 1 is 0.886 bits per heavy atom. The van der Waals surface area contributed by atoms with E-state index in [1.54, 1.807) is 19.1 Å². The third-order valence-corrected chi connectivity index (χ3v) is 6.20. The number of nitrogens with zero attached hydrogens (tertiary/aromatic N) is 1. The van der Waals surface area contributed by atoms with Crippen molar-refractivity contribution < 1.29 is 33.4 Å². The molecule has 4 rings (SSSR count). The van der Waals surface area contributed by atoms with E-state index in [4.69, 9.17) is 9.47 Å². The lowest BCUT2D eigenvalue weighted by molar-refractivity contribution is -0.122. The zero-order valence-electron chi connectivity index (χ0n) is 19.3. The predicted octanol–water partition coefficient (Wildman–Crippen LogP) is 3.34. The van der Waals surface area contributed by atoms with Crippen LogP contribution in [0.2, 0.25) is 0 Å². The summed E-state index contributed by atoms with van der Waals surface area (Å²) < 4.78 is 10.0. The van der Waals surface area contributed by atoms with E-state index in [2.05, 4.69) is 5.32 Å². The largest absolute Gasteiger partial charge is 0.462 e. The molecule has 2 fully saturated rings. The Balaban J connectivity index is 1.35. The van der Waals surface area contributed by atoms with Crippen molar-refractivity contribution in [1.82, 2.24) is 0 Å². The summed E-state index contributed by atoms with van der Waals surface area (Å²) in [5, 5.41) is 2.58. The van der Waals surface area contributed by atoms with Crippen LogP contribution in [0.15, 0.2) is 48.5 Å². The Bertz CT molecular complexity index is 1130. The monoisotopic (exact) mass is 478 g/mol. The lowest BCUT2D eigenvalue weighted by Gasteiger charge is -2.19. The molecule has 9 nitrogen and oxygen atoms in total. The maximum Gasteiger partial charge on any atom is 0.338 e. The van der Waals surface area contributed by atoms with Gasteiger partial charge in [0, 0.05) is 5.69 Å². The van der Waals surface area contributed by atoms with E-state index in [9.17, 15) is 24.0 Å². The summed E-state index contributed by atoms with van der Waals surface area (Å²) in [5.74, 6) is -2.80. The number of carbonyl (C=O) groups excluding carboxylic acids is 5. The number of nitrogens with one attached hydrogen (secondary N) is 1. The van der Waals surface area contributed by atoms with Gasteiger partial charge in [0.1, 0.15) is 0 Å². The molecule has 1 aliphatic carbocycles. The highest BCUT2D eigenvalue weighted by Gasteiger charge is 2.48. The lowest BCUT2D eigenvalue weighted by Crippen LogP contribution is -2.31. The first-order chi connectivity index (χ1) is 16.9. The molecule has 35 heavy (non-hydrogen) atoms. The summed E-state index contributed by atoms with van der Waals surface area (Å²) in [6, 6.07) is 12.2. The first kappa shape index (κ1) is 24.1. The Morgan fingerprint density at radius 2 is 1.51 bits per heavy atom. The fourth-order valence-electron chi connectivity index (χ4n) is 4.50. The van der Waals surface area contributed by atoms with E-state index in [1.165, 1.54) is 41.3 Å². The number of rotatable bonds is 7. The van der Waals surface area contributed by atoms with Crippen LogP contribution in [-0.4, -0.2) is 42.9 Å². The minimum atomic E-state index is -0.754. The number of benzene rings is 2. The van der Waals surface area contributed by atoms with Crippen LogP contribution in [0, 0.1) is 11.8 Å². The standard InChI is InChI=1S/C26H26N2O7/c1-2-34-25(32)16-10-12-18(13-11-16)27-22(29)15-35-26(33)17-6-5-7-19(14-17)28-23(30)20-8-3-4-9-21(20)24(28)31/h5-7,10-14,20-21H,2-4,8-9,15H2,1H3,(H,27,29)/t20-,21-/m0/s1. The van der Waals surface area contributed by atoms with Gasteiger partial charge in [-0.25, -0.2) is 9.59 Å². The first-order valence-electron chi connectivity index (χ1n) is 11.6. The number of hydrogen-bond donors (Lipinski definition) is 1. The second-order valence-electron chi connectivity index (χ2n) is 8.48. The zero-order chi connectivity index (χ0) is 24.9. The van der Waals surface area contributed by atoms with Gasteiger partial charge in [0.05, 0.1) is 35.3 Å². The van der Waals surface area contributed by atoms with Crippen LogP contribution in [0.1, 0.15) is 53.3 Å². The van der Waals surface area contributed by atoms with Crippen LogP contribution in [-0.2, 0) is 23.9 Å². The molecule has 0 unspecified atom stereocenters. The molecule has 1 saturated heterocycles. The summed E-state index contributed by atoms with van der Waals surface area (Å²) in [6.45, 7) is 1.44.